The average molecular weight is 552 g/mol. The molecule has 1 aromatic carbocycles. The molecule has 0 aliphatic heterocycles. The lowest BCUT2D eigenvalue weighted by molar-refractivity contribution is -0.0495. The van der Waals surface area contributed by atoms with Crippen LogP contribution in [0.15, 0.2) is 61.1 Å². The first-order chi connectivity index (χ1) is 19.2. The van der Waals surface area contributed by atoms with Crippen LogP contribution >= 0.6 is 0 Å². The van der Waals surface area contributed by atoms with Gasteiger partial charge in [0, 0.05) is 25.1 Å². The van der Waals surface area contributed by atoms with Crippen molar-refractivity contribution in [2.24, 2.45) is 11.7 Å². The first-order valence-corrected chi connectivity index (χ1v) is 13.6. The van der Waals surface area contributed by atoms with Gasteiger partial charge in [0.2, 0.25) is 5.92 Å². The molecule has 0 bridgehead atoms. The largest absolute Gasteiger partial charge is 0.375 e. The first-order valence-electron chi connectivity index (χ1n) is 13.6. The van der Waals surface area contributed by atoms with Crippen molar-refractivity contribution >= 4 is 11.6 Å². The predicted molar refractivity (Wildman–Crippen MR) is 146 cm³/mol. The summed E-state index contributed by atoms with van der Waals surface area (Å²) >= 11 is 0. The van der Waals surface area contributed by atoms with Crippen LogP contribution in [0.5, 0.6) is 0 Å². The van der Waals surface area contributed by atoms with Gasteiger partial charge in [0.1, 0.15) is 5.69 Å². The minimum absolute atomic E-state index is 0.0127. The molecule has 3 N–H and O–H groups in total. The number of amides is 1. The second kappa shape index (κ2) is 11.8. The van der Waals surface area contributed by atoms with Crippen LogP contribution in [0.4, 0.5) is 8.78 Å². The number of halogens is 2. The molecule has 1 fully saturated rings. The van der Waals surface area contributed by atoms with Gasteiger partial charge >= 0.3 is 0 Å². The fourth-order valence-electron chi connectivity index (χ4n) is 5.19. The monoisotopic (exact) mass is 551 g/mol. The van der Waals surface area contributed by atoms with Crippen LogP contribution in [-0.2, 0) is 11.3 Å². The number of hydrogen-bond acceptors (Lipinski definition) is 6. The van der Waals surface area contributed by atoms with Crippen molar-refractivity contribution < 1.29 is 18.3 Å². The molecular weight excluding hydrogens is 516 g/mol. The quantitative estimate of drug-likeness (QED) is 0.286. The highest BCUT2D eigenvalue weighted by Crippen LogP contribution is 2.41. The fraction of sp³-hybridized carbons (Fsp3) is 0.448. The predicted octanol–water partition coefficient (Wildman–Crippen LogP) is 5.02. The van der Waals surface area contributed by atoms with Crippen LogP contribution < -0.4 is 11.1 Å². The van der Waals surface area contributed by atoms with E-state index in [1.807, 2.05) is 50.2 Å². The van der Waals surface area contributed by atoms with Crippen LogP contribution in [0.2, 0.25) is 0 Å². The minimum atomic E-state index is -2.69. The summed E-state index contributed by atoms with van der Waals surface area (Å²) < 4.78 is 37.0. The van der Waals surface area contributed by atoms with Gasteiger partial charge in [0.25, 0.3) is 5.91 Å². The molecule has 5 rings (SSSR count). The summed E-state index contributed by atoms with van der Waals surface area (Å²) in [5.74, 6) is -3.20. The number of imidazole rings is 1. The number of fused-ring (bicyclic) bond motifs is 1. The molecule has 2 unspecified atom stereocenters. The number of rotatable bonds is 10. The Hall–Kier alpha value is -3.70. The number of alkyl halides is 2. The highest BCUT2D eigenvalue weighted by molar-refractivity contribution is 5.92. The zero-order valence-corrected chi connectivity index (χ0v) is 22.7. The van der Waals surface area contributed by atoms with Crippen LogP contribution in [0.1, 0.15) is 85.0 Å². The number of nitrogens with two attached hydrogens (primary N) is 1. The minimum Gasteiger partial charge on any atom is -0.375 e. The number of nitrogens with zero attached hydrogens (tertiary/aromatic N) is 5. The summed E-state index contributed by atoms with van der Waals surface area (Å²) in [6, 6.07) is 12.4. The molecule has 1 saturated carbocycles. The van der Waals surface area contributed by atoms with Crippen LogP contribution in [0.3, 0.4) is 0 Å². The molecule has 4 aromatic rings. The van der Waals surface area contributed by atoms with E-state index < -0.39 is 18.0 Å². The Morgan fingerprint density at radius 3 is 2.65 bits per heavy atom. The molecule has 0 radical (unpaired) electrons. The van der Waals surface area contributed by atoms with Crippen molar-refractivity contribution in [3.8, 4) is 0 Å². The van der Waals surface area contributed by atoms with E-state index in [1.54, 1.807) is 33.9 Å². The van der Waals surface area contributed by atoms with Crippen molar-refractivity contribution in [1.82, 2.24) is 29.7 Å². The van der Waals surface area contributed by atoms with Gasteiger partial charge < -0.3 is 15.8 Å². The average Bonchev–Trinajstić information content (AvgIpc) is 3.60. The molecule has 212 valence electrons. The van der Waals surface area contributed by atoms with E-state index in [4.69, 9.17) is 15.5 Å². The lowest BCUT2D eigenvalue weighted by atomic mass is 9.81. The summed E-state index contributed by atoms with van der Waals surface area (Å²) in [5.41, 5.74) is 9.73. The molecule has 1 aliphatic rings. The molecule has 1 amide bonds. The number of carbonyl (C=O) groups is 1. The van der Waals surface area contributed by atoms with Crippen molar-refractivity contribution in [3.05, 3.63) is 83.6 Å². The summed E-state index contributed by atoms with van der Waals surface area (Å²) in [5, 5.41) is 11.8. The maximum atomic E-state index is 14.0. The van der Waals surface area contributed by atoms with Gasteiger partial charge in [0.05, 0.1) is 43.4 Å². The third kappa shape index (κ3) is 6.37. The smallest absolute Gasteiger partial charge is 0.270 e. The molecule has 2 atom stereocenters. The Morgan fingerprint density at radius 2 is 1.93 bits per heavy atom. The number of aromatic nitrogens is 5. The van der Waals surface area contributed by atoms with Crippen molar-refractivity contribution in [2.75, 3.05) is 6.61 Å². The standard InChI is InChI=1S/C29H35F2N7O2/c1-19(2)38-25(10-13-33-38)28(39)36-27(21-8-11-29(30,31)12-9-21)24-16-37-26(35-24)14-22(15-34-37)23(32)18-40-17-20-6-4-3-5-7-20/h3-7,10,13-16,19,21,23,27H,8-9,11-12,17-18,32H2,1-2H3,(H,36,39). The molecule has 3 heterocycles. The molecular formula is C29H35F2N7O2. The zero-order chi connectivity index (χ0) is 28.3. The van der Waals surface area contributed by atoms with E-state index in [2.05, 4.69) is 15.5 Å². The van der Waals surface area contributed by atoms with Gasteiger partial charge in [-0.1, -0.05) is 30.3 Å². The van der Waals surface area contributed by atoms with Gasteiger partial charge in [-0.2, -0.15) is 10.2 Å². The number of benzene rings is 1. The Kier molecular flexibility index (Phi) is 8.22. The summed E-state index contributed by atoms with van der Waals surface area (Å²) in [6.45, 7) is 4.63. The van der Waals surface area contributed by atoms with Crippen LogP contribution in [0.25, 0.3) is 5.65 Å². The molecule has 0 saturated heterocycles. The highest BCUT2D eigenvalue weighted by atomic mass is 19.3. The molecule has 40 heavy (non-hydrogen) atoms. The highest BCUT2D eigenvalue weighted by Gasteiger charge is 2.39. The number of ether oxygens (including phenoxy) is 1. The van der Waals surface area contributed by atoms with Crippen LogP contribution in [-0.4, -0.2) is 42.8 Å². The Labute approximate surface area is 231 Å². The van der Waals surface area contributed by atoms with Crippen molar-refractivity contribution in [2.45, 2.75) is 70.2 Å². The third-order valence-corrected chi connectivity index (χ3v) is 7.43. The molecule has 3 aromatic heterocycles. The normalized spacial score (nSPS) is 17.2. The Morgan fingerprint density at radius 1 is 1.18 bits per heavy atom. The van der Waals surface area contributed by atoms with E-state index in [9.17, 15) is 13.6 Å². The lowest BCUT2D eigenvalue weighted by Crippen LogP contribution is -2.38. The topological polar surface area (TPSA) is 112 Å². The lowest BCUT2D eigenvalue weighted by Gasteiger charge is -2.33. The summed E-state index contributed by atoms with van der Waals surface area (Å²) in [7, 11) is 0. The van der Waals surface area contributed by atoms with Crippen molar-refractivity contribution in [1.29, 1.82) is 0 Å². The maximum absolute atomic E-state index is 14.0. The Balaban J connectivity index is 1.35. The second-order valence-corrected chi connectivity index (χ2v) is 10.8. The van der Waals surface area contributed by atoms with E-state index in [-0.39, 0.29) is 43.6 Å². The SMILES string of the molecule is CC(C)n1nccc1C(=O)NC(c1cn2ncc(C(N)COCc3ccccc3)cc2n1)C1CCC(F)(F)CC1. The zero-order valence-electron chi connectivity index (χ0n) is 22.7. The van der Waals surface area contributed by atoms with E-state index in [1.165, 1.54) is 0 Å². The summed E-state index contributed by atoms with van der Waals surface area (Å²) in [4.78, 5) is 18.1. The fourth-order valence-corrected chi connectivity index (χ4v) is 5.19. The third-order valence-electron chi connectivity index (χ3n) is 7.43. The summed E-state index contributed by atoms with van der Waals surface area (Å²) in [6.07, 6.45) is 5.10. The van der Waals surface area contributed by atoms with Gasteiger partial charge in [-0.05, 0) is 55.9 Å². The van der Waals surface area contributed by atoms with Gasteiger partial charge in [-0.25, -0.2) is 18.3 Å². The molecule has 11 heteroatoms. The van der Waals surface area contributed by atoms with Crippen molar-refractivity contribution in [3.63, 3.8) is 0 Å². The van der Waals surface area contributed by atoms with Gasteiger partial charge in [-0.3, -0.25) is 9.48 Å². The van der Waals surface area contributed by atoms with Gasteiger partial charge in [-0.15, -0.1) is 0 Å². The second-order valence-electron chi connectivity index (χ2n) is 10.8. The van der Waals surface area contributed by atoms with Gasteiger partial charge in [0.15, 0.2) is 5.65 Å². The molecule has 9 nitrogen and oxygen atoms in total. The van der Waals surface area contributed by atoms with E-state index >= 15 is 0 Å². The number of nitrogens with one attached hydrogen (secondary N) is 1. The van der Waals surface area contributed by atoms with E-state index in [0.717, 1.165) is 11.1 Å². The maximum Gasteiger partial charge on any atom is 0.270 e. The number of hydrogen-bond donors (Lipinski definition) is 2. The number of carbonyl (C=O) groups excluding carboxylic acids is 1. The molecule has 0 spiro atoms. The Bertz CT molecular complexity index is 1430. The first kappa shape index (κ1) is 27.9. The van der Waals surface area contributed by atoms with Crippen LogP contribution in [0, 0.1) is 5.92 Å². The molecule has 1 aliphatic carbocycles. The van der Waals surface area contributed by atoms with E-state index in [0.29, 0.717) is 30.2 Å².